The smallest absolute Gasteiger partial charge is 0.411 e. The zero-order chi connectivity index (χ0) is 47.2. The van der Waals surface area contributed by atoms with Crippen LogP contribution in [0.5, 0.6) is 0 Å². The lowest BCUT2D eigenvalue weighted by Crippen LogP contribution is -2.61. The Morgan fingerprint density at radius 2 is 1.71 bits per heavy atom. The Morgan fingerprint density at radius 3 is 2.32 bits per heavy atom. The van der Waals surface area contributed by atoms with Crippen LogP contribution < -0.4 is 0 Å². The number of aliphatic hydroxyl groups is 1. The molecule has 16 nitrogen and oxygen atoms in total. The summed E-state index contributed by atoms with van der Waals surface area (Å²) >= 11 is 0.250. The number of methoxy groups -OCH3 is 1. The van der Waals surface area contributed by atoms with Crippen LogP contribution in [0.15, 0.2) is 24.5 Å². The summed E-state index contributed by atoms with van der Waals surface area (Å²) in [6.45, 7) is 11.9. The van der Waals surface area contributed by atoms with E-state index in [4.69, 9.17) is 23.7 Å². The number of rotatable bonds is 8. The number of fused-ring (bicyclic) bond motifs is 1. The highest BCUT2D eigenvalue weighted by molar-refractivity contribution is 7.93. The molecule has 5 heterocycles. The number of carbonyl (C=O) groups excluding carboxylic acids is 4. The Hall–Kier alpha value is -4.13. The number of likely N-dealkylation sites (N-methyl/N-ethyl adjacent to an activating group) is 1. The Balaban J connectivity index is 0.00000282. The average Bonchev–Trinajstić information content (AvgIpc) is 3.81. The number of aromatic nitrogens is 4. The van der Waals surface area contributed by atoms with Gasteiger partial charge in [-0.3, -0.25) is 19.5 Å². The zero-order valence-electron chi connectivity index (χ0n) is 38.0. The van der Waals surface area contributed by atoms with E-state index in [2.05, 4.69) is 27.1 Å². The summed E-state index contributed by atoms with van der Waals surface area (Å²) in [5, 5.41) is 19.4. The molecule has 3 fully saturated rings. The van der Waals surface area contributed by atoms with Gasteiger partial charge in [-0.1, -0.05) is 44.7 Å². The molecule has 2 aromatic heterocycles. The van der Waals surface area contributed by atoms with E-state index >= 15 is 4.39 Å². The molecule has 2 aromatic rings. The number of halogens is 3. The highest BCUT2D eigenvalue weighted by Crippen LogP contribution is 2.43. The van der Waals surface area contributed by atoms with Crippen molar-refractivity contribution in [1.82, 2.24) is 29.8 Å². The standard InChI is InChI=1S/C42H58F2N6O10.CH3FS/c1-12-31-42(8)34(50(39(55)60-42)18-14-13-17-49-22-29(46-47-49)28-20-27(43)15-16-45-28)25(4)32(51)23(2)21-40(6,56-11)36(26(5)35(53)41(7,44)38(54)58-31)59-37-33(52)30(48(9)10)19-24(3)57-37;1-3-2/h15-16,20,22-26,30-31,33-34,36-37,52H,12,17-19,21H2,1-11H3;1H3/t23-,24?,25+,26+,30?,31-,33?,34-,36-,37+,40-,41+,42-;/m1./s1. The van der Waals surface area contributed by atoms with Crippen molar-refractivity contribution in [2.75, 3.05) is 34.0 Å². The van der Waals surface area contributed by atoms with Gasteiger partial charge in [0.25, 0.3) is 5.67 Å². The maximum atomic E-state index is 16.9. The van der Waals surface area contributed by atoms with Crippen molar-refractivity contribution >= 4 is 35.8 Å². The van der Waals surface area contributed by atoms with Gasteiger partial charge < -0.3 is 33.7 Å². The molecule has 1 amide bonds. The van der Waals surface area contributed by atoms with Gasteiger partial charge in [0.1, 0.15) is 36.0 Å². The first-order valence-electron chi connectivity index (χ1n) is 20.8. The Morgan fingerprint density at radius 1 is 1.06 bits per heavy atom. The number of aliphatic hydroxyl groups excluding tert-OH is 1. The summed E-state index contributed by atoms with van der Waals surface area (Å²) in [6.07, 6.45) is -1.65. The first kappa shape index (κ1) is 51.5. The van der Waals surface area contributed by atoms with Gasteiger partial charge in [0, 0.05) is 61.6 Å². The summed E-state index contributed by atoms with van der Waals surface area (Å²) in [5.74, 6) is -0.810. The number of ketones is 2. The molecular weight excluding hydrogens is 850 g/mol. The lowest BCUT2D eigenvalue weighted by molar-refractivity contribution is -0.295. The third-order valence-corrected chi connectivity index (χ3v) is 12.3. The fourth-order valence-corrected chi connectivity index (χ4v) is 8.96. The van der Waals surface area contributed by atoms with Crippen molar-refractivity contribution in [3.05, 3.63) is 30.3 Å². The minimum absolute atomic E-state index is 0.0201. The van der Waals surface area contributed by atoms with E-state index in [-0.39, 0.29) is 61.7 Å². The number of hydrogen-bond acceptors (Lipinski definition) is 15. The first-order chi connectivity index (χ1) is 29.5. The molecule has 0 saturated carbocycles. The second-order valence-corrected chi connectivity index (χ2v) is 17.5. The molecule has 3 unspecified atom stereocenters. The molecule has 20 heteroatoms. The van der Waals surface area contributed by atoms with Crippen LogP contribution in [0.3, 0.4) is 0 Å². The SMILES string of the molecule is CC[C@H]1OC(=O)[C@@](C)(F)C(=O)[C@H](C)[C@@H](O[C@@H]2OC(C)CC(N(C)C)C2O)[C@](C)(OC)C[C@@H](C)C(=O)[C@H](C)[C@H]2N(CC#CCn3cc(-c4cc(F)ccn4)nn3)C(=O)O[C@]12C.CSF. The van der Waals surface area contributed by atoms with E-state index in [1.54, 1.807) is 41.8 Å². The number of pyridine rings is 1. The molecule has 0 aromatic carbocycles. The van der Waals surface area contributed by atoms with Gasteiger partial charge in [0.05, 0.1) is 42.3 Å². The summed E-state index contributed by atoms with van der Waals surface area (Å²) in [5.41, 5.74) is -5.81. The van der Waals surface area contributed by atoms with Crippen LogP contribution in [0.25, 0.3) is 11.4 Å². The second kappa shape index (κ2) is 21.2. The number of amides is 1. The molecule has 3 saturated heterocycles. The maximum Gasteiger partial charge on any atom is 0.411 e. The molecule has 3 aliphatic heterocycles. The van der Waals surface area contributed by atoms with Gasteiger partial charge in [0.2, 0.25) is 0 Å². The quantitative estimate of drug-likeness (QED) is 0.212. The number of carbonyl (C=O) groups is 4. The molecule has 63 heavy (non-hydrogen) atoms. The van der Waals surface area contributed by atoms with Crippen LogP contribution in [0, 0.1) is 35.4 Å². The van der Waals surface area contributed by atoms with E-state index in [0.29, 0.717) is 12.1 Å². The Kier molecular flexibility index (Phi) is 17.4. The van der Waals surface area contributed by atoms with Gasteiger partial charge in [-0.05, 0) is 67.1 Å². The fourth-order valence-electron chi connectivity index (χ4n) is 8.96. The fraction of sp³-hybridized carbons (Fsp3) is 0.698. The van der Waals surface area contributed by atoms with Gasteiger partial charge in [-0.2, -0.15) is 3.89 Å². The molecular formula is C43H61F3N6O10S. The Bertz CT molecular complexity index is 2000. The van der Waals surface area contributed by atoms with Crippen molar-refractivity contribution in [3.63, 3.8) is 0 Å². The van der Waals surface area contributed by atoms with Gasteiger partial charge in [0.15, 0.2) is 17.7 Å². The molecule has 0 aliphatic carbocycles. The van der Waals surface area contributed by atoms with Gasteiger partial charge >= 0.3 is 12.1 Å². The molecule has 13 atom stereocenters. The van der Waals surface area contributed by atoms with E-state index in [9.17, 15) is 32.6 Å². The van der Waals surface area contributed by atoms with E-state index < -0.39 is 88.9 Å². The van der Waals surface area contributed by atoms with Crippen molar-refractivity contribution in [2.24, 2.45) is 17.8 Å². The van der Waals surface area contributed by atoms with Gasteiger partial charge in [-0.15, -0.1) is 5.10 Å². The third-order valence-electron chi connectivity index (χ3n) is 12.3. The minimum atomic E-state index is -3.22. The maximum absolute atomic E-state index is 16.9. The number of cyclic esters (lactones) is 1. The first-order valence-corrected chi connectivity index (χ1v) is 21.9. The van der Waals surface area contributed by atoms with Crippen LogP contribution in [0.2, 0.25) is 0 Å². The molecule has 3 aliphatic rings. The van der Waals surface area contributed by atoms with Crippen molar-refractivity contribution in [3.8, 4) is 23.2 Å². The number of hydrogen-bond donors (Lipinski definition) is 1. The third kappa shape index (κ3) is 11.2. The lowest BCUT2D eigenvalue weighted by Gasteiger charge is -2.47. The number of Topliss-reactive ketones (excluding diaryl/α,β-unsaturated/α-hetero) is 2. The molecule has 1 N–H and O–H groups in total. The number of alkyl halides is 1. The van der Waals surface area contributed by atoms with E-state index in [1.165, 1.54) is 61.3 Å². The molecule has 350 valence electrons. The molecule has 0 spiro atoms. The van der Waals surface area contributed by atoms with Crippen molar-refractivity contribution < 1.29 is 60.6 Å². The van der Waals surface area contributed by atoms with Crippen LogP contribution in [0.1, 0.15) is 74.7 Å². The zero-order valence-corrected chi connectivity index (χ0v) is 38.8. The predicted octanol–water partition coefficient (Wildman–Crippen LogP) is 5.01. The number of esters is 1. The monoisotopic (exact) mass is 910 g/mol. The molecule has 5 rings (SSSR count). The number of nitrogens with zero attached hydrogens (tertiary/aromatic N) is 6. The summed E-state index contributed by atoms with van der Waals surface area (Å²) in [4.78, 5) is 63.7. The van der Waals surface area contributed by atoms with Crippen molar-refractivity contribution in [1.29, 1.82) is 0 Å². The summed E-state index contributed by atoms with van der Waals surface area (Å²) < 4.78 is 72.5. The normalized spacial score (nSPS) is 35.4. The summed E-state index contributed by atoms with van der Waals surface area (Å²) in [7, 11) is 4.98. The van der Waals surface area contributed by atoms with E-state index in [1.807, 2.05) is 11.8 Å². The van der Waals surface area contributed by atoms with Crippen molar-refractivity contribution in [2.45, 2.75) is 141 Å². The topological polar surface area (TPSA) is 185 Å². The second-order valence-electron chi connectivity index (χ2n) is 17.2. The molecule has 0 bridgehead atoms. The number of ether oxygens (including phenoxy) is 5. The predicted molar refractivity (Wildman–Crippen MR) is 226 cm³/mol. The van der Waals surface area contributed by atoms with Crippen LogP contribution >= 0.6 is 12.1 Å². The minimum Gasteiger partial charge on any atom is -0.455 e. The lowest BCUT2D eigenvalue weighted by atomic mass is 9.73. The van der Waals surface area contributed by atoms with Gasteiger partial charge in [-0.25, -0.2) is 23.1 Å². The summed E-state index contributed by atoms with van der Waals surface area (Å²) in [6, 6.07) is 0.967. The average molecular weight is 911 g/mol. The van der Waals surface area contributed by atoms with E-state index in [0.717, 1.165) is 6.92 Å². The molecule has 0 radical (unpaired) electrons. The van der Waals surface area contributed by atoms with Crippen LogP contribution in [-0.4, -0.2) is 152 Å². The highest BCUT2D eigenvalue weighted by Gasteiger charge is 2.61. The highest BCUT2D eigenvalue weighted by atomic mass is 32.2. The van der Waals surface area contributed by atoms with Crippen LogP contribution in [-0.2, 0) is 44.6 Å². The van der Waals surface area contributed by atoms with Crippen LogP contribution in [0.4, 0.5) is 17.5 Å². The largest absolute Gasteiger partial charge is 0.455 e. The Labute approximate surface area is 371 Å².